The van der Waals surface area contributed by atoms with Gasteiger partial charge in [-0.15, -0.1) is 0 Å². The summed E-state index contributed by atoms with van der Waals surface area (Å²) < 4.78 is 14.4. The highest BCUT2D eigenvalue weighted by Crippen LogP contribution is 2.36. The molecule has 0 radical (unpaired) electrons. The molecule has 0 N–H and O–H groups in total. The summed E-state index contributed by atoms with van der Waals surface area (Å²) in [4.78, 5) is 0. The van der Waals surface area contributed by atoms with E-state index in [9.17, 15) is 4.39 Å². The van der Waals surface area contributed by atoms with E-state index in [4.69, 9.17) is 5.10 Å². The zero-order chi connectivity index (χ0) is 17.8. The van der Waals surface area contributed by atoms with Crippen LogP contribution in [0.5, 0.6) is 0 Å². The largest absolute Gasteiger partial charge is 0.254 e. The number of hydrazone groups is 1. The van der Waals surface area contributed by atoms with E-state index >= 15 is 0 Å². The lowest BCUT2D eigenvalue weighted by Crippen LogP contribution is -2.19. The lowest BCUT2D eigenvalue weighted by atomic mass is 10.0. The molecule has 0 bridgehead atoms. The Bertz CT molecular complexity index is 933. The van der Waals surface area contributed by atoms with Crippen molar-refractivity contribution in [2.24, 2.45) is 5.10 Å². The van der Waals surface area contributed by atoms with Crippen molar-refractivity contribution in [1.82, 2.24) is 0 Å². The molecule has 0 aromatic heterocycles. The van der Waals surface area contributed by atoms with Crippen molar-refractivity contribution in [3.63, 3.8) is 0 Å². The Morgan fingerprint density at radius 1 is 0.808 bits per heavy atom. The maximum Gasteiger partial charge on any atom is 0.148 e. The molecular formula is C23H19FN2. The average Bonchev–Trinajstić information content (AvgIpc) is 3.12. The van der Waals surface area contributed by atoms with Gasteiger partial charge in [0.05, 0.1) is 17.4 Å². The number of anilines is 1. The molecule has 0 spiro atoms. The fourth-order valence-electron chi connectivity index (χ4n) is 3.18. The molecule has 1 atom stereocenters. The zero-order valence-electron chi connectivity index (χ0n) is 14.3. The highest BCUT2D eigenvalue weighted by molar-refractivity contribution is 6.01. The van der Waals surface area contributed by atoms with E-state index in [1.807, 2.05) is 54.6 Å². The molecule has 0 amide bonds. The Morgan fingerprint density at radius 3 is 2.19 bits per heavy atom. The molecule has 0 unspecified atom stereocenters. The molecule has 26 heavy (non-hydrogen) atoms. The van der Waals surface area contributed by atoms with Gasteiger partial charge in [-0.2, -0.15) is 5.10 Å². The number of benzene rings is 3. The lowest BCUT2D eigenvalue weighted by Gasteiger charge is -2.24. The minimum absolute atomic E-state index is 0.0106. The van der Waals surface area contributed by atoms with Crippen LogP contribution in [0.15, 0.2) is 96.1 Å². The number of allylic oxidation sites excluding steroid dienone is 1. The van der Waals surface area contributed by atoms with Crippen LogP contribution in [0.25, 0.3) is 6.08 Å². The number of hydrogen-bond donors (Lipinski definition) is 0. The van der Waals surface area contributed by atoms with E-state index in [1.165, 1.54) is 6.07 Å². The highest BCUT2D eigenvalue weighted by atomic mass is 19.1. The average molecular weight is 342 g/mol. The Balaban J connectivity index is 1.68. The summed E-state index contributed by atoms with van der Waals surface area (Å²) >= 11 is 0. The van der Waals surface area contributed by atoms with Crippen molar-refractivity contribution in [3.8, 4) is 0 Å². The van der Waals surface area contributed by atoms with Crippen LogP contribution in [0.3, 0.4) is 0 Å². The maximum absolute atomic E-state index is 14.4. The molecule has 2 nitrogen and oxygen atoms in total. The van der Waals surface area contributed by atoms with Gasteiger partial charge in [-0.25, -0.2) is 4.39 Å². The minimum Gasteiger partial charge on any atom is -0.254 e. The van der Waals surface area contributed by atoms with Gasteiger partial charge in [-0.1, -0.05) is 78.9 Å². The standard InChI is InChI=1S/C23H19FN2/c24-21-13-7-8-14-22(21)26-23(19-11-5-2-6-12-19)17-20(25-26)16-15-18-9-3-1-4-10-18/h1-16,23H,17H2/b16-15+/t23-/m1/s1. The van der Waals surface area contributed by atoms with E-state index in [-0.39, 0.29) is 11.9 Å². The first-order chi connectivity index (χ1) is 12.8. The van der Waals surface area contributed by atoms with Crippen molar-refractivity contribution in [2.75, 3.05) is 5.01 Å². The highest BCUT2D eigenvalue weighted by Gasteiger charge is 2.29. The fourth-order valence-corrected chi connectivity index (χ4v) is 3.18. The summed E-state index contributed by atoms with van der Waals surface area (Å²) in [5.41, 5.74) is 3.69. The normalized spacial score (nSPS) is 16.9. The van der Waals surface area contributed by atoms with Crippen LogP contribution in [-0.4, -0.2) is 5.71 Å². The number of nitrogens with zero attached hydrogens (tertiary/aromatic N) is 2. The van der Waals surface area contributed by atoms with Gasteiger partial charge in [0.25, 0.3) is 0 Å². The van der Waals surface area contributed by atoms with Crippen molar-refractivity contribution in [1.29, 1.82) is 0 Å². The number of hydrogen-bond acceptors (Lipinski definition) is 2. The van der Waals surface area contributed by atoms with Crippen LogP contribution in [0.1, 0.15) is 23.6 Å². The number of rotatable bonds is 4. The van der Waals surface area contributed by atoms with E-state index in [0.29, 0.717) is 5.69 Å². The van der Waals surface area contributed by atoms with Crippen LogP contribution in [-0.2, 0) is 0 Å². The summed E-state index contributed by atoms with van der Waals surface area (Å²) in [5.74, 6) is -0.259. The van der Waals surface area contributed by atoms with Crippen molar-refractivity contribution in [3.05, 3.63) is 108 Å². The van der Waals surface area contributed by atoms with Crippen molar-refractivity contribution >= 4 is 17.5 Å². The molecule has 1 heterocycles. The molecule has 3 aromatic carbocycles. The van der Waals surface area contributed by atoms with Crippen LogP contribution < -0.4 is 5.01 Å². The van der Waals surface area contributed by atoms with E-state index in [0.717, 1.165) is 23.3 Å². The molecule has 4 rings (SSSR count). The smallest absolute Gasteiger partial charge is 0.148 e. The minimum atomic E-state index is -0.259. The zero-order valence-corrected chi connectivity index (χ0v) is 14.3. The van der Waals surface area contributed by atoms with Gasteiger partial charge < -0.3 is 0 Å². The third-order valence-corrected chi connectivity index (χ3v) is 4.49. The van der Waals surface area contributed by atoms with Crippen molar-refractivity contribution < 1.29 is 4.39 Å². The Kier molecular flexibility index (Phi) is 4.61. The molecule has 0 aliphatic carbocycles. The topological polar surface area (TPSA) is 15.6 Å². The molecule has 1 aliphatic heterocycles. The van der Waals surface area contributed by atoms with Gasteiger partial charge in [-0.05, 0) is 29.3 Å². The summed E-state index contributed by atoms with van der Waals surface area (Å²) in [5, 5.41) is 6.52. The third kappa shape index (κ3) is 3.42. The fraction of sp³-hybridized carbons (Fsp3) is 0.0870. The second-order valence-corrected chi connectivity index (χ2v) is 6.26. The van der Waals surface area contributed by atoms with Crippen LogP contribution in [0.4, 0.5) is 10.1 Å². The SMILES string of the molecule is Fc1ccccc1N1N=C(/C=C/c2ccccc2)C[C@@H]1c1ccccc1. The third-order valence-electron chi connectivity index (χ3n) is 4.49. The van der Waals surface area contributed by atoms with Crippen LogP contribution in [0.2, 0.25) is 0 Å². The van der Waals surface area contributed by atoms with Gasteiger partial charge in [0.15, 0.2) is 0 Å². The van der Waals surface area contributed by atoms with Gasteiger partial charge in [0.2, 0.25) is 0 Å². The molecule has 0 saturated carbocycles. The summed E-state index contributed by atoms with van der Waals surface area (Å²) in [7, 11) is 0. The molecule has 0 saturated heterocycles. The molecule has 128 valence electrons. The van der Waals surface area contributed by atoms with Crippen LogP contribution >= 0.6 is 0 Å². The first-order valence-corrected chi connectivity index (χ1v) is 8.70. The summed E-state index contributed by atoms with van der Waals surface area (Å²) in [6.45, 7) is 0. The molecular weight excluding hydrogens is 323 g/mol. The van der Waals surface area contributed by atoms with Crippen LogP contribution in [0, 0.1) is 5.82 Å². The summed E-state index contributed by atoms with van der Waals surface area (Å²) in [6.07, 6.45) is 4.81. The Labute approximate surface area is 152 Å². The molecule has 3 heteroatoms. The first kappa shape index (κ1) is 16.3. The predicted octanol–water partition coefficient (Wildman–Crippen LogP) is 5.85. The first-order valence-electron chi connectivity index (χ1n) is 8.70. The number of halogens is 1. The second-order valence-electron chi connectivity index (χ2n) is 6.26. The van der Waals surface area contributed by atoms with Gasteiger partial charge in [0.1, 0.15) is 5.82 Å². The van der Waals surface area contributed by atoms with Gasteiger partial charge in [0, 0.05) is 6.42 Å². The van der Waals surface area contributed by atoms with Gasteiger partial charge in [-0.3, -0.25) is 5.01 Å². The molecule has 3 aromatic rings. The van der Waals surface area contributed by atoms with E-state index < -0.39 is 0 Å². The summed E-state index contributed by atoms with van der Waals surface area (Å²) in [6, 6.07) is 27.0. The molecule has 0 fully saturated rings. The number of para-hydroxylation sites is 1. The predicted molar refractivity (Wildman–Crippen MR) is 106 cm³/mol. The quantitative estimate of drug-likeness (QED) is 0.581. The van der Waals surface area contributed by atoms with Gasteiger partial charge >= 0.3 is 0 Å². The molecule has 1 aliphatic rings. The van der Waals surface area contributed by atoms with E-state index in [1.54, 1.807) is 17.1 Å². The maximum atomic E-state index is 14.4. The Morgan fingerprint density at radius 2 is 1.46 bits per heavy atom. The van der Waals surface area contributed by atoms with Crippen molar-refractivity contribution in [2.45, 2.75) is 12.5 Å². The second kappa shape index (κ2) is 7.36. The van der Waals surface area contributed by atoms with E-state index in [2.05, 4.69) is 24.3 Å². The Hall–Kier alpha value is -3.20. The lowest BCUT2D eigenvalue weighted by molar-refractivity contribution is 0.606. The monoisotopic (exact) mass is 342 g/mol.